The van der Waals surface area contributed by atoms with Crippen molar-refractivity contribution in [1.29, 1.82) is 0 Å². The van der Waals surface area contributed by atoms with Gasteiger partial charge in [0.15, 0.2) is 0 Å². The number of carbonyl (C=O) groups excluding carboxylic acids is 1. The fourth-order valence-corrected chi connectivity index (χ4v) is 6.41. The van der Waals surface area contributed by atoms with E-state index in [1.54, 1.807) is 44.2 Å². The largest absolute Gasteiger partial charge is 0.326 e. The van der Waals surface area contributed by atoms with Crippen LogP contribution >= 0.6 is 0 Å². The number of aryl methyl sites for hydroxylation is 2. The van der Waals surface area contributed by atoms with Gasteiger partial charge in [-0.2, -0.15) is 0 Å². The number of nitrogens with one attached hydrogen (secondary N) is 1. The first-order valence-electron chi connectivity index (χ1n) is 10.3. The molecule has 0 saturated heterocycles. The fourth-order valence-electron chi connectivity index (χ4n) is 3.47. The summed E-state index contributed by atoms with van der Waals surface area (Å²) in [5.74, 6) is -0.252. The number of hydrogen-bond acceptors (Lipinski definition) is 5. The zero-order chi connectivity index (χ0) is 24.4. The van der Waals surface area contributed by atoms with Crippen molar-refractivity contribution in [2.24, 2.45) is 0 Å². The van der Waals surface area contributed by atoms with Crippen molar-refractivity contribution in [1.82, 2.24) is 0 Å². The minimum absolute atomic E-state index is 0.0760. The van der Waals surface area contributed by atoms with E-state index in [-0.39, 0.29) is 27.1 Å². The molecule has 174 valence electrons. The Morgan fingerprint density at radius 2 is 1.42 bits per heavy atom. The lowest BCUT2D eigenvalue weighted by Gasteiger charge is -2.24. The molecule has 3 aromatic carbocycles. The average molecular weight is 487 g/mol. The SMILES string of the molecule is CCN(c1ccc(S(=O)(=O)c2ccc(NC(C)=O)cc2)c(C)c1)S(=O)(=O)c1ccc(C)cc1. The topological polar surface area (TPSA) is 101 Å². The van der Waals surface area contributed by atoms with Crippen LogP contribution in [0.5, 0.6) is 0 Å². The quantitative estimate of drug-likeness (QED) is 0.536. The second-order valence-corrected chi connectivity index (χ2v) is 11.4. The highest BCUT2D eigenvalue weighted by Crippen LogP contribution is 2.30. The summed E-state index contributed by atoms with van der Waals surface area (Å²) < 4.78 is 53.9. The van der Waals surface area contributed by atoms with Crippen LogP contribution in [-0.4, -0.2) is 29.3 Å². The third kappa shape index (κ3) is 5.09. The lowest BCUT2D eigenvalue weighted by molar-refractivity contribution is -0.114. The van der Waals surface area contributed by atoms with Gasteiger partial charge < -0.3 is 5.32 Å². The van der Waals surface area contributed by atoms with E-state index in [1.165, 1.54) is 47.6 Å². The Hall–Kier alpha value is -3.17. The van der Waals surface area contributed by atoms with Crippen LogP contribution in [0.25, 0.3) is 0 Å². The normalized spacial score (nSPS) is 11.8. The summed E-state index contributed by atoms with van der Waals surface area (Å²) in [6.07, 6.45) is 0. The van der Waals surface area contributed by atoms with Gasteiger partial charge in [0.2, 0.25) is 15.7 Å². The van der Waals surface area contributed by atoms with Crippen LogP contribution in [0.3, 0.4) is 0 Å². The van der Waals surface area contributed by atoms with E-state index in [0.717, 1.165) is 5.56 Å². The standard InChI is InChI=1S/C24H26N2O5S2/c1-5-26(33(30,31)23-11-6-17(2)7-12-23)21-10-15-24(18(3)16-21)32(28,29)22-13-8-20(9-14-22)25-19(4)27/h6-16H,5H2,1-4H3,(H,25,27). The Balaban J connectivity index is 1.97. The second-order valence-electron chi connectivity index (χ2n) is 7.64. The summed E-state index contributed by atoms with van der Waals surface area (Å²) in [4.78, 5) is 11.5. The maximum absolute atomic E-state index is 13.2. The maximum Gasteiger partial charge on any atom is 0.264 e. The zero-order valence-corrected chi connectivity index (χ0v) is 20.5. The van der Waals surface area contributed by atoms with E-state index in [4.69, 9.17) is 0 Å². The van der Waals surface area contributed by atoms with E-state index >= 15 is 0 Å². The molecule has 1 amide bonds. The Bertz CT molecular complexity index is 1380. The van der Waals surface area contributed by atoms with E-state index in [1.807, 2.05) is 6.92 Å². The molecule has 0 heterocycles. The molecule has 0 aliphatic heterocycles. The van der Waals surface area contributed by atoms with Crippen LogP contribution in [0.15, 0.2) is 81.4 Å². The molecule has 0 bridgehead atoms. The van der Waals surface area contributed by atoms with Gasteiger partial charge >= 0.3 is 0 Å². The molecule has 0 fully saturated rings. The number of benzene rings is 3. The van der Waals surface area contributed by atoms with Crippen molar-refractivity contribution >= 4 is 37.1 Å². The number of amides is 1. The van der Waals surface area contributed by atoms with Gasteiger partial charge in [0.25, 0.3) is 10.0 Å². The molecule has 3 aromatic rings. The Labute approximate surface area is 195 Å². The highest BCUT2D eigenvalue weighted by molar-refractivity contribution is 7.93. The average Bonchev–Trinajstić information content (AvgIpc) is 2.74. The lowest BCUT2D eigenvalue weighted by Crippen LogP contribution is -2.30. The van der Waals surface area contributed by atoms with Crippen LogP contribution in [0.2, 0.25) is 0 Å². The number of sulfone groups is 1. The van der Waals surface area contributed by atoms with Crippen molar-refractivity contribution in [3.05, 3.63) is 77.9 Å². The van der Waals surface area contributed by atoms with Gasteiger partial charge in [0.05, 0.1) is 20.4 Å². The minimum atomic E-state index is -3.84. The van der Waals surface area contributed by atoms with Crippen molar-refractivity contribution in [2.45, 2.75) is 42.4 Å². The summed E-state index contributed by atoms with van der Waals surface area (Å²) in [7, 11) is -7.64. The number of sulfonamides is 1. The summed E-state index contributed by atoms with van der Waals surface area (Å²) in [6.45, 7) is 6.79. The molecule has 0 spiro atoms. The molecular formula is C24H26N2O5S2. The highest BCUT2D eigenvalue weighted by atomic mass is 32.2. The van der Waals surface area contributed by atoms with Crippen molar-refractivity contribution in [3.63, 3.8) is 0 Å². The van der Waals surface area contributed by atoms with Crippen molar-refractivity contribution in [2.75, 3.05) is 16.2 Å². The molecule has 33 heavy (non-hydrogen) atoms. The second kappa shape index (κ2) is 9.36. The van der Waals surface area contributed by atoms with Gasteiger partial charge in [-0.05, 0) is 80.9 Å². The molecule has 0 atom stereocenters. The molecule has 0 radical (unpaired) electrons. The molecule has 9 heteroatoms. The highest BCUT2D eigenvalue weighted by Gasteiger charge is 2.26. The minimum Gasteiger partial charge on any atom is -0.326 e. The van der Waals surface area contributed by atoms with Gasteiger partial charge in [0.1, 0.15) is 0 Å². The molecule has 0 aliphatic carbocycles. The van der Waals surface area contributed by atoms with Gasteiger partial charge in [-0.3, -0.25) is 9.10 Å². The summed E-state index contributed by atoms with van der Waals surface area (Å²) in [5, 5.41) is 2.60. The van der Waals surface area contributed by atoms with Crippen molar-refractivity contribution in [3.8, 4) is 0 Å². The molecule has 1 N–H and O–H groups in total. The first kappa shape index (κ1) is 24.5. The molecule has 0 aromatic heterocycles. The first-order valence-corrected chi connectivity index (χ1v) is 13.2. The number of hydrogen-bond donors (Lipinski definition) is 1. The third-order valence-electron chi connectivity index (χ3n) is 5.12. The molecule has 7 nitrogen and oxygen atoms in total. The zero-order valence-electron chi connectivity index (χ0n) is 18.9. The van der Waals surface area contributed by atoms with E-state index in [9.17, 15) is 21.6 Å². The van der Waals surface area contributed by atoms with Crippen LogP contribution in [0.4, 0.5) is 11.4 Å². The third-order valence-corrected chi connectivity index (χ3v) is 8.96. The molecular weight excluding hydrogens is 460 g/mol. The Morgan fingerprint density at radius 3 is 1.94 bits per heavy atom. The van der Waals surface area contributed by atoms with Crippen LogP contribution in [-0.2, 0) is 24.7 Å². The Morgan fingerprint density at radius 1 is 0.848 bits per heavy atom. The molecule has 0 unspecified atom stereocenters. The smallest absolute Gasteiger partial charge is 0.264 e. The summed E-state index contributed by atoms with van der Waals surface area (Å²) in [6, 6.07) is 17.0. The molecule has 3 rings (SSSR count). The fraction of sp³-hybridized carbons (Fsp3) is 0.208. The number of anilines is 2. The summed E-state index contributed by atoms with van der Waals surface area (Å²) in [5.41, 5.74) is 2.26. The number of rotatable bonds is 7. The van der Waals surface area contributed by atoms with Crippen molar-refractivity contribution < 1.29 is 21.6 Å². The maximum atomic E-state index is 13.2. The van der Waals surface area contributed by atoms with Gasteiger partial charge in [-0.25, -0.2) is 16.8 Å². The van der Waals surface area contributed by atoms with Gasteiger partial charge in [-0.15, -0.1) is 0 Å². The van der Waals surface area contributed by atoms with Crippen LogP contribution < -0.4 is 9.62 Å². The predicted octanol–water partition coefficient (Wildman–Crippen LogP) is 4.31. The predicted molar refractivity (Wildman–Crippen MR) is 129 cm³/mol. The van der Waals surface area contributed by atoms with E-state index in [2.05, 4.69) is 5.32 Å². The number of nitrogens with zero attached hydrogens (tertiary/aromatic N) is 1. The van der Waals surface area contributed by atoms with Crippen LogP contribution in [0, 0.1) is 13.8 Å². The van der Waals surface area contributed by atoms with Gasteiger partial charge in [-0.1, -0.05) is 17.7 Å². The van der Waals surface area contributed by atoms with Crippen LogP contribution in [0.1, 0.15) is 25.0 Å². The summed E-state index contributed by atoms with van der Waals surface area (Å²) >= 11 is 0. The van der Waals surface area contributed by atoms with E-state index < -0.39 is 19.9 Å². The monoisotopic (exact) mass is 486 g/mol. The van der Waals surface area contributed by atoms with E-state index in [0.29, 0.717) is 16.9 Å². The molecule has 0 aliphatic rings. The Kier molecular flexibility index (Phi) is 6.94. The first-order chi connectivity index (χ1) is 15.5. The number of carbonyl (C=O) groups is 1. The lowest BCUT2D eigenvalue weighted by atomic mass is 10.2. The van der Waals surface area contributed by atoms with Gasteiger partial charge in [0, 0.05) is 19.2 Å². The molecule has 0 saturated carbocycles.